The minimum Gasteiger partial charge on any atom is -0.497 e. The van der Waals surface area contributed by atoms with Crippen LogP contribution in [0.25, 0.3) is 0 Å². The zero-order valence-electron chi connectivity index (χ0n) is 12.0. The monoisotopic (exact) mass is 290 g/mol. The van der Waals surface area contributed by atoms with Gasteiger partial charge in [-0.3, -0.25) is 0 Å². The molecule has 2 rings (SSSR count). The molecule has 106 valence electrons. The summed E-state index contributed by atoms with van der Waals surface area (Å²) < 4.78 is 16.3. The van der Waals surface area contributed by atoms with Crippen molar-refractivity contribution >= 4 is 18.8 Å². The van der Waals surface area contributed by atoms with E-state index in [-0.39, 0.29) is 0 Å². The van der Waals surface area contributed by atoms with E-state index in [9.17, 15) is 0 Å². The van der Waals surface area contributed by atoms with E-state index in [4.69, 9.17) is 14.0 Å². The van der Waals surface area contributed by atoms with E-state index in [1.54, 1.807) is 14.2 Å². The van der Waals surface area contributed by atoms with Gasteiger partial charge < -0.3 is 14.0 Å². The van der Waals surface area contributed by atoms with Gasteiger partial charge in [-0.15, -0.1) is 0 Å². The largest absolute Gasteiger partial charge is 0.497 e. The number of hydrogen-bond acceptors (Lipinski definition) is 3. The molecule has 0 heterocycles. The molecule has 0 aliphatic rings. The normalized spacial score (nSPS) is 10.6. The van der Waals surface area contributed by atoms with Gasteiger partial charge in [-0.05, 0) is 55.5 Å². The van der Waals surface area contributed by atoms with Crippen LogP contribution >= 0.6 is 8.15 Å². The maximum Gasteiger partial charge on any atom is 0.118 e. The Morgan fingerprint density at radius 2 is 1.15 bits per heavy atom. The zero-order valence-corrected chi connectivity index (χ0v) is 12.9. The number of rotatable bonds is 6. The highest BCUT2D eigenvalue weighted by Crippen LogP contribution is 2.35. The summed E-state index contributed by atoms with van der Waals surface area (Å²) in [5, 5.41) is 2.35. The van der Waals surface area contributed by atoms with E-state index in [1.165, 1.54) is 10.6 Å². The van der Waals surface area contributed by atoms with Gasteiger partial charge in [0.2, 0.25) is 0 Å². The van der Waals surface area contributed by atoms with Crippen LogP contribution in [0.5, 0.6) is 11.5 Å². The van der Waals surface area contributed by atoms with Gasteiger partial charge in [-0.25, -0.2) is 0 Å². The molecule has 0 spiro atoms. The molecule has 0 saturated heterocycles. The molecule has 0 bridgehead atoms. The van der Waals surface area contributed by atoms with Crippen molar-refractivity contribution in [3.05, 3.63) is 48.5 Å². The number of ether oxygens (including phenoxy) is 2. The molecule has 3 nitrogen and oxygen atoms in total. The van der Waals surface area contributed by atoms with Crippen LogP contribution in [-0.2, 0) is 4.52 Å². The van der Waals surface area contributed by atoms with E-state index >= 15 is 0 Å². The number of methoxy groups -OCH3 is 2. The van der Waals surface area contributed by atoms with Crippen molar-refractivity contribution in [1.82, 2.24) is 0 Å². The fourth-order valence-electron chi connectivity index (χ4n) is 1.86. The van der Waals surface area contributed by atoms with Crippen molar-refractivity contribution in [2.75, 3.05) is 20.8 Å². The van der Waals surface area contributed by atoms with Gasteiger partial charge in [0.15, 0.2) is 0 Å². The van der Waals surface area contributed by atoms with Gasteiger partial charge in [-0.2, -0.15) is 0 Å². The summed E-state index contributed by atoms with van der Waals surface area (Å²) >= 11 is 0. The Labute approximate surface area is 121 Å². The van der Waals surface area contributed by atoms with E-state index in [2.05, 4.69) is 24.3 Å². The third-order valence-corrected chi connectivity index (χ3v) is 4.92. The second-order valence-electron chi connectivity index (χ2n) is 4.11. The van der Waals surface area contributed by atoms with Gasteiger partial charge >= 0.3 is 0 Å². The SMILES string of the molecule is CCOP(c1ccc(OC)cc1)c1ccc(OC)cc1. The highest BCUT2D eigenvalue weighted by atomic mass is 31.1. The third-order valence-electron chi connectivity index (χ3n) is 2.87. The lowest BCUT2D eigenvalue weighted by Gasteiger charge is -2.18. The number of hydrogen-bond donors (Lipinski definition) is 0. The van der Waals surface area contributed by atoms with E-state index in [0.717, 1.165) is 11.5 Å². The number of benzene rings is 2. The highest BCUT2D eigenvalue weighted by molar-refractivity contribution is 7.68. The average Bonchev–Trinajstić information content (AvgIpc) is 2.53. The quantitative estimate of drug-likeness (QED) is 0.765. The minimum atomic E-state index is -0.797. The summed E-state index contributed by atoms with van der Waals surface area (Å²) in [4.78, 5) is 0. The highest BCUT2D eigenvalue weighted by Gasteiger charge is 2.14. The van der Waals surface area contributed by atoms with Gasteiger partial charge in [0.1, 0.15) is 11.5 Å². The Bertz CT molecular complexity index is 475. The summed E-state index contributed by atoms with van der Waals surface area (Å²) in [6, 6.07) is 16.1. The molecule has 0 unspecified atom stereocenters. The van der Waals surface area contributed by atoms with Gasteiger partial charge in [0.25, 0.3) is 0 Å². The van der Waals surface area contributed by atoms with Gasteiger partial charge in [-0.1, -0.05) is 0 Å². The Kier molecular flexibility index (Phi) is 5.40. The van der Waals surface area contributed by atoms with Crippen molar-refractivity contribution in [1.29, 1.82) is 0 Å². The lowest BCUT2D eigenvalue weighted by atomic mass is 10.3. The molecule has 2 aromatic rings. The lowest BCUT2D eigenvalue weighted by Crippen LogP contribution is -2.13. The molecule has 20 heavy (non-hydrogen) atoms. The van der Waals surface area contributed by atoms with Crippen molar-refractivity contribution in [3.8, 4) is 11.5 Å². The summed E-state index contributed by atoms with van der Waals surface area (Å²) in [5.74, 6) is 1.71. The first-order valence-electron chi connectivity index (χ1n) is 6.49. The molecular weight excluding hydrogens is 271 g/mol. The predicted molar refractivity (Wildman–Crippen MR) is 83.8 cm³/mol. The Balaban J connectivity index is 2.28. The van der Waals surface area contributed by atoms with Gasteiger partial charge in [0.05, 0.1) is 22.4 Å². The molecule has 0 aliphatic heterocycles. The standard InChI is InChI=1S/C16H19O3P/c1-4-19-20(15-9-5-13(17-2)6-10-15)16-11-7-14(18-3)8-12-16/h5-12H,4H2,1-3H3. The van der Waals surface area contributed by atoms with Crippen LogP contribution in [0.2, 0.25) is 0 Å². The van der Waals surface area contributed by atoms with Crippen LogP contribution in [0.1, 0.15) is 6.92 Å². The fourth-order valence-corrected chi connectivity index (χ4v) is 3.56. The first-order chi connectivity index (χ1) is 9.78. The fraction of sp³-hybridized carbons (Fsp3) is 0.250. The molecule has 0 aliphatic carbocycles. The predicted octanol–water partition coefficient (Wildman–Crippen LogP) is 3.09. The summed E-state index contributed by atoms with van der Waals surface area (Å²) in [6.07, 6.45) is 0. The van der Waals surface area contributed by atoms with Crippen LogP contribution in [0.15, 0.2) is 48.5 Å². The summed E-state index contributed by atoms with van der Waals surface area (Å²) in [6.45, 7) is 2.70. The second-order valence-corrected chi connectivity index (χ2v) is 5.99. The second kappa shape index (κ2) is 7.28. The average molecular weight is 290 g/mol. The zero-order chi connectivity index (χ0) is 14.4. The Morgan fingerprint density at radius 3 is 1.45 bits per heavy atom. The van der Waals surface area contributed by atoms with Crippen molar-refractivity contribution in [2.24, 2.45) is 0 Å². The topological polar surface area (TPSA) is 27.7 Å². The molecule has 0 fully saturated rings. The Morgan fingerprint density at radius 1 is 0.750 bits per heavy atom. The first kappa shape index (κ1) is 14.8. The van der Waals surface area contributed by atoms with Crippen LogP contribution in [0.4, 0.5) is 0 Å². The molecule has 0 N–H and O–H groups in total. The minimum absolute atomic E-state index is 0.684. The van der Waals surface area contributed by atoms with Crippen LogP contribution in [0, 0.1) is 0 Å². The maximum atomic E-state index is 5.94. The van der Waals surface area contributed by atoms with E-state index < -0.39 is 8.15 Å². The summed E-state index contributed by atoms with van der Waals surface area (Å²) in [5.41, 5.74) is 0. The molecule has 0 amide bonds. The van der Waals surface area contributed by atoms with Gasteiger partial charge in [0, 0.05) is 17.2 Å². The van der Waals surface area contributed by atoms with Crippen molar-refractivity contribution in [2.45, 2.75) is 6.92 Å². The van der Waals surface area contributed by atoms with E-state index in [1.807, 2.05) is 31.2 Å². The molecule has 0 saturated carbocycles. The first-order valence-corrected chi connectivity index (χ1v) is 7.75. The molecule has 0 radical (unpaired) electrons. The van der Waals surface area contributed by atoms with Crippen molar-refractivity contribution < 1.29 is 14.0 Å². The maximum absolute atomic E-state index is 5.94. The van der Waals surface area contributed by atoms with Crippen LogP contribution < -0.4 is 20.1 Å². The smallest absolute Gasteiger partial charge is 0.118 e. The lowest BCUT2D eigenvalue weighted by molar-refractivity contribution is 0.388. The van der Waals surface area contributed by atoms with Crippen LogP contribution in [0.3, 0.4) is 0 Å². The molecule has 0 atom stereocenters. The molecule has 2 aromatic carbocycles. The molecular formula is C16H19O3P. The summed E-state index contributed by atoms with van der Waals surface area (Å²) in [7, 11) is 2.54. The Hall–Kier alpha value is -1.57. The van der Waals surface area contributed by atoms with Crippen LogP contribution in [-0.4, -0.2) is 20.8 Å². The molecule has 0 aromatic heterocycles. The molecule has 4 heteroatoms. The third kappa shape index (κ3) is 3.50. The van der Waals surface area contributed by atoms with E-state index in [0.29, 0.717) is 6.61 Å². The van der Waals surface area contributed by atoms with Crippen molar-refractivity contribution in [3.63, 3.8) is 0 Å².